The van der Waals surface area contributed by atoms with Crippen LogP contribution in [0.3, 0.4) is 0 Å². The third-order valence-corrected chi connectivity index (χ3v) is 4.42. The Kier molecular flexibility index (Phi) is 5.02. The first-order chi connectivity index (χ1) is 9.86. The average Bonchev–Trinajstić information content (AvgIpc) is 2.83. The monoisotopic (exact) mass is 331 g/mol. The van der Waals surface area contributed by atoms with Crippen molar-refractivity contribution in [1.29, 1.82) is 0 Å². The van der Waals surface area contributed by atoms with Gasteiger partial charge in [-0.15, -0.1) is 0 Å². The van der Waals surface area contributed by atoms with E-state index >= 15 is 0 Å². The summed E-state index contributed by atoms with van der Waals surface area (Å²) in [4.78, 5) is 13.9. The fraction of sp³-hybridized carbons (Fsp3) is 0.533. The molecule has 6 heteroatoms. The van der Waals surface area contributed by atoms with Gasteiger partial charge in [-0.3, -0.25) is 4.79 Å². The second-order valence-electron chi connectivity index (χ2n) is 5.57. The Morgan fingerprint density at radius 1 is 1.33 bits per heavy atom. The van der Waals surface area contributed by atoms with Gasteiger partial charge in [-0.1, -0.05) is 36.0 Å². The van der Waals surface area contributed by atoms with E-state index in [1.165, 1.54) is 24.1 Å². The van der Waals surface area contributed by atoms with Crippen LogP contribution in [-0.2, 0) is 0 Å². The molecule has 1 saturated carbocycles. The lowest BCUT2D eigenvalue weighted by atomic mass is 10.0. The third-order valence-electron chi connectivity index (χ3n) is 3.86. The quantitative estimate of drug-likeness (QED) is 0.920. The van der Waals surface area contributed by atoms with E-state index < -0.39 is 5.60 Å². The molecular weight excluding hydrogens is 313 g/mol. The Morgan fingerprint density at radius 3 is 2.33 bits per heavy atom. The van der Waals surface area contributed by atoms with Crippen LogP contribution in [0.1, 0.15) is 36.0 Å². The zero-order valence-electron chi connectivity index (χ0n) is 12.2. The third kappa shape index (κ3) is 3.62. The first-order valence-corrected chi connectivity index (χ1v) is 7.63. The molecular formula is C15H19Cl2NO3. The van der Waals surface area contributed by atoms with E-state index in [-0.39, 0.29) is 5.91 Å². The van der Waals surface area contributed by atoms with Gasteiger partial charge >= 0.3 is 0 Å². The van der Waals surface area contributed by atoms with Crippen molar-refractivity contribution in [2.24, 2.45) is 0 Å². The number of methoxy groups -OCH3 is 1. The van der Waals surface area contributed by atoms with Crippen molar-refractivity contribution in [2.75, 3.05) is 20.7 Å². The average molecular weight is 332 g/mol. The summed E-state index contributed by atoms with van der Waals surface area (Å²) in [7, 11) is 3.14. The molecule has 2 rings (SSSR count). The van der Waals surface area contributed by atoms with Gasteiger partial charge in [-0.05, 0) is 25.0 Å². The number of carbonyl (C=O) groups excluding carboxylic acids is 1. The van der Waals surface area contributed by atoms with Crippen molar-refractivity contribution in [3.05, 3.63) is 27.7 Å². The van der Waals surface area contributed by atoms with E-state index in [0.29, 0.717) is 27.9 Å². The molecule has 0 heterocycles. The van der Waals surface area contributed by atoms with Crippen molar-refractivity contribution in [3.63, 3.8) is 0 Å². The topological polar surface area (TPSA) is 49.8 Å². The molecule has 1 N–H and O–H groups in total. The highest BCUT2D eigenvalue weighted by atomic mass is 35.5. The summed E-state index contributed by atoms with van der Waals surface area (Å²) < 4.78 is 5.07. The van der Waals surface area contributed by atoms with Crippen molar-refractivity contribution in [1.82, 2.24) is 4.90 Å². The summed E-state index contributed by atoms with van der Waals surface area (Å²) in [6.07, 6.45) is 3.46. The molecule has 0 atom stereocenters. The molecule has 116 valence electrons. The van der Waals surface area contributed by atoms with Crippen LogP contribution in [0.15, 0.2) is 12.1 Å². The molecule has 0 unspecified atom stereocenters. The van der Waals surface area contributed by atoms with Crippen LogP contribution < -0.4 is 4.74 Å². The van der Waals surface area contributed by atoms with E-state index in [0.717, 1.165) is 25.7 Å². The van der Waals surface area contributed by atoms with E-state index in [1.807, 2.05) is 0 Å². The van der Waals surface area contributed by atoms with E-state index in [2.05, 4.69) is 0 Å². The van der Waals surface area contributed by atoms with Crippen LogP contribution in [0.25, 0.3) is 0 Å². The second kappa shape index (κ2) is 6.42. The number of amides is 1. The highest BCUT2D eigenvalue weighted by molar-refractivity contribution is 6.37. The summed E-state index contributed by atoms with van der Waals surface area (Å²) in [5.41, 5.74) is -0.389. The Labute approximate surface area is 134 Å². The van der Waals surface area contributed by atoms with Gasteiger partial charge in [0.1, 0.15) is 0 Å². The number of likely N-dealkylation sites (N-methyl/N-ethyl adjacent to an activating group) is 1. The minimum absolute atomic E-state index is 0.221. The van der Waals surface area contributed by atoms with Gasteiger partial charge in [-0.25, -0.2) is 0 Å². The maximum absolute atomic E-state index is 12.4. The fourth-order valence-corrected chi connectivity index (χ4v) is 3.44. The lowest BCUT2D eigenvalue weighted by Gasteiger charge is -2.28. The molecule has 21 heavy (non-hydrogen) atoms. The van der Waals surface area contributed by atoms with Crippen LogP contribution in [0, 0.1) is 0 Å². The Morgan fingerprint density at radius 2 is 1.86 bits per heavy atom. The molecule has 1 fully saturated rings. The molecule has 0 aliphatic heterocycles. The maximum Gasteiger partial charge on any atom is 0.253 e. The number of hydrogen-bond acceptors (Lipinski definition) is 3. The molecule has 0 spiro atoms. The standard InChI is InChI=1S/C15H19Cl2NO3/c1-18(9-15(20)5-3-4-6-15)14(19)10-7-11(16)13(21-2)12(17)8-10/h7-8,20H,3-6,9H2,1-2H3. The minimum atomic E-state index is -0.773. The smallest absolute Gasteiger partial charge is 0.253 e. The molecule has 0 aromatic heterocycles. The predicted octanol–water partition coefficient (Wildman–Crippen LogP) is 3.38. The minimum Gasteiger partial charge on any atom is -0.494 e. The molecule has 1 aromatic carbocycles. The van der Waals surface area contributed by atoms with Crippen molar-refractivity contribution < 1.29 is 14.6 Å². The number of halogens is 2. The summed E-state index contributed by atoms with van der Waals surface area (Å²) >= 11 is 12.1. The number of benzene rings is 1. The van der Waals surface area contributed by atoms with Crippen LogP contribution in [0.5, 0.6) is 5.75 Å². The second-order valence-corrected chi connectivity index (χ2v) is 6.38. The predicted molar refractivity (Wildman–Crippen MR) is 83.4 cm³/mol. The Balaban J connectivity index is 2.16. The number of hydrogen-bond donors (Lipinski definition) is 1. The van der Waals surface area contributed by atoms with Gasteiger partial charge in [-0.2, -0.15) is 0 Å². The first-order valence-electron chi connectivity index (χ1n) is 6.87. The lowest BCUT2D eigenvalue weighted by Crippen LogP contribution is -2.42. The van der Waals surface area contributed by atoms with Gasteiger partial charge in [0, 0.05) is 19.2 Å². The summed E-state index contributed by atoms with van der Waals surface area (Å²) in [5, 5.41) is 11.0. The molecule has 1 aromatic rings. The van der Waals surface area contributed by atoms with Gasteiger partial charge in [0.05, 0.1) is 22.8 Å². The van der Waals surface area contributed by atoms with Gasteiger partial charge in [0.2, 0.25) is 0 Å². The molecule has 0 saturated heterocycles. The molecule has 1 aliphatic rings. The van der Waals surface area contributed by atoms with Crippen LogP contribution in [0.2, 0.25) is 10.0 Å². The fourth-order valence-electron chi connectivity index (χ4n) is 2.80. The van der Waals surface area contributed by atoms with E-state index in [1.54, 1.807) is 7.05 Å². The van der Waals surface area contributed by atoms with Crippen LogP contribution >= 0.6 is 23.2 Å². The number of ether oxygens (including phenoxy) is 1. The number of nitrogens with zero attached hydrogens (tertiary/aromatic N) is 1. The van der Waals surface area contributed by atoms with Crippen molar-refractivity contribution in [3.8, 4) is 5.75 Å². The first kappa shape index (κ1) is 16.4. The lowest BCUT2D eigenvalue weighted by molar-refractivity contribution is 0.0157. The van der Waals surface area contributed by atoms with Crippen molar-refractivity contribution in [2.45, 2.75) is 31.3 Å². The zero-order chi connectivity index (χ0) is 15.6. The van der Waals surface area contributed by atoms with E-state index in [9.17, 15) is 9.90 Å². The number of carbonyl (C=O) groups is 1. The highest BCUT2D eigenvalue weighted by Crippen LogP contribution is 2.34. The van der Waals surface area contributed by atoms with Crippen LogP contribution in [0.4, 0.5) is 0 Å². The Bertz CT molecular complexity index is 519. The van der Waals surface area contributed by atoms with E-state index in [4.69, 9.17) is 27.9 Å². The molecule has 1 amide bonds. The summed E-state index contributed by atoms with van der Waals surface area (Å²) in [5.74, 6) is 0.133. The maximum atomic E-state index is 12.4. The summed E-state index contributed by atoms with van der Waals surface area (Å²) in [6, 6.07) is 3.06. The van der Waals surface area contributed by atoms with Gasteiger partial charge in [0.15, 0.2) is 5.75 Å². The summed E-state index contributed by atoms with van der Waals surface area (Å²) in [6.45, 7) is 0.313. The molecule has 1 aliphatic carbocycles. The SMILES string of the molecule is COc1c(Cl)cc(C(=O)N(C)CC2(O)CCCC2)cc1Cl. The molecule has 0 radical (unpaired) electrons. The largest absolute Gasteiger partial charge is 0.494 e. The molecule has 4 nitrogen and oxygen atoms in total. The van der Waals surface area contributed by atoms with Gasteiger partial charge in [0.25, 0.3) is 5.91 Å². The normalized spacial score (nSPS) is 16.8. The zero-order valence-corrected chi connectivity index (χ0v) is 13.7. The number of aliphatic hydroxyl groups is 1. The highest BCUT2D eigenvalue weighted by Gasteiger charge is 2.33. The van der Waals surface area contributed by atoms with Crippen LogP contribution in [-0.4, -0.2) is 42.2 Å². The number of rotatable bonds is 4. The van der Waals surface area contributed by atoms with Crippen molar-refractivity contribution >= 4 is 29.1 Å². The Hall–Kier alpha value is -0.970. The molecule has 0 bridgehead atoms. The van der Waals surface area contributed by atoms with Gasteiger partial charge < -0.3 is 14.7 Å².